The fourth-order valence-electron chi connectivity index (χ4n) is 1.69. The molecule has 100 valence electrons. The van der Waals surface area contributed by atoms with E-state index in [0.29, 0.717) is 24.0 Å². The van der Waals surface area contributed by atoms with E-state index in [1.54, 1.807) is 20.3 Å². The number of benzene rings is 1. The second kappa shape index (κ2) is 6.52. The van der Waals surface area contributed by atoms with Crippen molar-refractivity contribution in [1.29, 1.82) is 0 Å². The Labute approximate surface area is 120 Å². The van der Waals surface area contributed by atoms with Gasteiger partial charge < -0.3 is 9.47 Å². The molecule has 0 N–H and O–H groups in total. The molecule has 1 heterocycles. The molecule has 0 fully saturated rings. The first-order valence-corrected chi connectivity index (χ1v) is 6.79. The number of ether oxygens (including phenoxy) is 2. The van der Waals surface area contributed by atoms with Crippen molar-refractivity contribution in [2.75, 3.05) is 14.2 Å². The van der Waals surface area contributed by atoms with Crippen LogP contribution in [0.15, 0.2) is 36.4 Å². The molecule has 0 saturated heterocycles. The molecule has 19 heavy (non-hydrogen) atoms. The molecule has 0 amide bonds. The molecule has 1 aromatic carbocycles. The minimum absolute atomic E-state index is 0.158. The zero-order chi connectivity index (χ0) is 13.7. The van der Waals surface area contributed by atoms with Crippen LogP contribution in [0.25, 0.3) is 0 Å². The fourth-order valence-corrected chi connectivity index (χ4v) is 2.28. The molecule has 2 aromatic rings. The highest BCUT2D eigenvalue weighted by molar-refractivity contribution is 9.09. The highest BCUT2D eigenvalue weighted by Gasteiger charge is 2.12. The van der Waals surface area contributed by atoms with Crippen LogP contribution in [0.4, 0.5) is 0 Å². The third-order valence-electron chi connectivity index (χ3n) is 2.67. The smallest absolute Gasteiger partial charge is 0.220 e. The number of aromatic nitrogens is 2. The lowest BCUT2D eigenvalue weighted by atomic mass is 10.1. The van der Waals surface area contributed by atoms with E-state index in [0.717, 1.165) is 0 Å². The molecule has 1 aromatic heterocycles. The summed E-state index contributed by atoms with van der Waals surface area (Å²) in [5.74, 6) is 1.70. The summed E-state index contributed by atoms with van der Waals surface area (Å²) in [6, 6.07) is 11.8. The van der Waals surface area contributed by atoms with Crippen molar-refractivity contribution in [3.63, 3.8) is 0 Å². The third-order valence-corrected chi connectivity index (χ3v) is 3.52. The van der Waals surface area contributed by atoms with Gasteiger partial charge in [-0.2, -0.15) is 9.97 Å². The van der Waals surface area contributed by atoms with Crippen LogP contribution >= 0.6 is 15.9 Å². The molecule has 0 bridgehead atoms. The first-order valence-electron chi connectivity index (χ1n) is 5.88. The van der Waals surface area contributed by atoms with Gasteiger partial charge in [0.25, 0.3) is 0 Å². The van der Waals surface area contributed by atoms with E-state index < -0.39 is 0 Å². The van der Waals surface area contributed by atoms with Crippen LogP contribution in [0, 0.1) is 0 Å². The van der Waals surface area contributed by atoms with Crippen LogP contribution in [0.3, 0.4) is 0 Å². The van der Waals surface area contributed by atoms with Gasteiger partial charge in [0.1, 0.15) is 5.82 Å². The van der Waals surface area contributed by atoms with E-state index in [1.165, 1.54) is 5.56 Å². The van der Waals surface area contributed by atoms with Crippen molar-refractivity contribution < 1.29 is 9.47 Å². The van der Waals surface area contributed by atoms with Gasteiger partial charge in [0, 0.05) is 11.2 Å². The molecule has 5 heteroatoms. The van der Waals surface area contributed by atoms with Crippen LogP contribution < -0.4 is 9.47 Å². The molecule has 2 rings (SSSR count). The lowest BCUT2D eigenvalue weighted by molar-refractivity contribution is 0.368. The van der Waals surface area contributed by atoms with E-state index >= 15 is 0 Å². The Balaban J connectivity index is 2.18. The summed E-state index contributed by atoms with van der Waals surface area (Å²) in [6.07, 6.45) is 0.664. The Kier molecular flexibility index (Phi) is 4.74. The number of halogens is 1. The number of hydrogen-bond acceptors (Lipinski definition) is 4. The average Bonchev–Trinajstić information content (AvgIpc) is 2.47. The van der Waals surface area contributed by atoms with Gasteiger partial charge in [0.2, 0.25) is 11.8 Å². The van der Waals surface area contributed by atoms with Crippen LogP contribution in [0.5, 0.6) is 11.8 Å². The monoisotopic (exact) mass is 322 g/mol. The maximum Gasteiger partial charge on any atom is 0.220 e. The molecule has 0 spiro atoms. The molecule has 0 aliphatic carbocycles. The summed E-state index contributed by atoms with van der Waals surface area (Å²) in [7, 11) is 3.16. The van der Waals surface area contributed by atoms with E-state index in [4.69, 9.17) is 9.47 Å². The van der Waals surface area contributed by atoms with Gasteiger partial charge in [0.15, 0.2) is 0 Å². The van der Waals surface area contributed by atoms with Gasteiger partial charge in [-0.3, -0.25) is 0 Å². The number of hydrogen-bond donors (Lipinski definition) is 0. The number of nitrogens with zero attached hydrogens (tertiary/aromatic N) is 2. The van der Waals surface area contributed by atoms with Gasteiger partial charge >= 0.3 is 0 Å². The molecular formula is C14H15BrN2O2. The summed E-state index contributed by atoms with van der Waals surface area (Å²) in [5.41, 5.74) is 1.19. The van der Waals surface area contributed by atoms with Crippen molar-refractivity contribution in [3.8, 4) is 11.8 Å². The Morgan fingerprint density at radius 2 is 1.63 bits per heavy atom. The van der Waals surface area contributed by atoms with Crippen LogP contribution in [-0.2, 0) is 6.42 Å². The first kappa shape index (κ1) is 13.8. The molecular weight excluding hydrogens is 308 g/mol. The van der Waals surface area contributed by atoms with Crippen LogP contribution in [0.2, 0.25) is 0 Å². The molecule has 0 radical (unpaired) electrons. The van der Waals surface area contributed by atoms with Crippen LogP contribution in [0.1, 0.15) is 16.2 Å². The quantitative estimate of drug-likeness (QED) is 0.793. The number of rotatable bonds is 5. The highest BCUT2D eigenvalue weighted by atomic mass is 79.9. The summed E-state index contributed by atoms with van der Waals surface area (Å²) in [6.45, 7) is 0. The minimum atomic E-state index is 0.158. The second-order valence-corrected chi connectivity index (χ2v) is 5.06. The Bertz CT molecular complexity index is 512. The zero-order valence-electron chi connectivity index (χ0n) is 10.8. The molecule has 1 unspecified atom stereocenters. The van der Waals surface area contributed by atoms with E-state index in [2.05, 4.69) is 38.0 Å². The fraction of sp³-hybridized carbons (Fsp3) is 0.286. The average molecular weight is 323 g/mol. The SMILES string of the molecule is COc1cc(OC)nc(CC(Br)c2ccccc2)n1. The molecule has 1 atom stereocenters. The first-order chi connectivity index (χ1) is 9.22. The standard InChI is InChI=1S/C14H15BrN2O2/c1-18-13-9-14(19-2)17-12(16-13)8-11(15)10-6-4-3-5-7-10/h3-7,9,11H,8H2,1-2H3. The zero-order valence-corrected chi connectivity index (χ0v) is 12.4. The summed E-state index contributed by atoms with van der Waals surface area (Å²) < 4.78 is 10.3. The van der Waals surface area contributed by atoms with Crippen molar-refractivity contribution in [1.82, 2.24) is 9.97 Å². The molecule has 4 nitrogen and oxygen atoms in total. The van der Waals surface area contributed by atoms with E-state index in [9.17, 15) is 0 Å². The maximum atomic E-state index is 5.14. The van der Waals surface area contributed by atoms with Gasteiger partial charge in [-0.1, -0.05) is 46.3 Å². The Hall–Kier alpha value is -1.62. The minimum Gasteiger partial charge on any atom is -0.481 e. The number of alkyl halides is 1. The highest BCUT2D eigenvalue weighted by Crippen LogP contribution is 2.27. The lowest BCUT2D eigenvalue weighted by Crippen LogP contribution is -2.03. The predicted octanol–water partition coefficient (Wildman–Crippen LogP) is 3.17. The molecule has 0 aliphatic rings. The van der Waals surface area contributed by atoms with Gasteiger partial charge in [-0.05, 0) is 5.56 Å². The normalized spacial score (nSPS) is 11.9. The van der Waals surface area contributed by atoms with Crippen LogP contribution in [-0.4, -0.2) is 24.2 Å². The lowest BCUT2D eigenvalue weighted by Gasteiger charge is -2.10. The number of methoxy groups -OCH3 is 2. The van der Waals surface area contributed by atoms with Crippen molar-refractivity contribution >= 4 is 15.9 Å². The Morgan fingerprint density at radius 3 is 2.16 bits per heavy atom. The van der Waals surface area contributed by atoms with Crippen molar-refractivity contribution in [2.24, 2.45) is 0 Å². The predicted molar refractivity (Wildman–Crippen MR) is 77.0 cm³/mol. The largest absolute Gasteiger partial charge is 0.481 e. The summed E-state index contributed by atoms with van der Waals surface area (Å²) in [4.78, 5) is 8.80. The summed E-state index contributed by atoms with van der Waals surface area (Å²) >= 11 is 3.65. The van der Waals surface area contributed by atoms with Gasteiger partial charge in [-0.15, -0.1) is 0 Å². The summed E-state index contributed by atoms with van der Waals surface area (Å²) in [5, 5.41) is 0. The van der Waals surface area contributed by atoms with E-state index in [-0.39, 0.29) is 4.83 Å². The third kappa shape index (κ3) is 3.67. The molecule has 0 saturated carbocycles. The van der Waals surface area contributed by atoms with Gasteiger partial charge in [-0.25, -0.2) is 0 Å². The second-order valence-electron chi connectivity index (χ2n) is 3.95. The Morgan fingerprint density at radius 1 is 1.05 bits per heavy atom. The van der Waals surface area contributed by atoms with Crippen molar-refractivity contribution in [3.05, 3.63) is 47.8 Å². The van der Waals surface area contributed by atoms with Crippen molar-refractivity contribution in [2.45, 2.75) is 11.2 Å². The van der Waals surface area contributed by atoms with Gasteiger partial charge in [0.05, 0.1) is 20.3 Å². The topological polar surface area (TPSA) is 44.2 Å². The van der Waals surface area contributed by atoms with E-state index in [1.807, 2.05) is 18.2 Å². The molecule has 0 aliphatic heterocycles. The maximum absolute atomic E-state index is 5.14.